The maximum Gasteiger partial charge on any atom is 0.435 e. The first kappa shape index (κ1) is 22.7. The summed E-state index contributed by atoms with van der Waals surface area (Å²) in [5.74, 6) is -0.614. The summed E-state index contributed by atoms with van der Waals surface area (Å²) < 4.78 is 15.2. The fraction of sp³-hybridized carbons (Fsp3) is 0.348. The molecule has 2 atom stereocenters. The molecule has 174 valence electrons. The van der Waals surface area contributed by atoms with Crippen LogP contribution >= 0.6 is 0 Å². The number of nitrogens with zero attached hydrogens (tertiary/aromatic N) is 4. The molecular weight excluding hydrogens is 429 g/mol. The fourth-order valence-corrected chi connectivity index (χ4v) is 3.84. The van der Waals surface area contributed by atoms with Crippen LogP contribution in [-0.4, -0.2) is 50.2 Å². The molecule has 9 nitrogen and oxygen atoms in total. The van der Waals surface area contributed by atoms with Crippen LogP contribution in [0.5, 0.6) is 0 Å². The highest BCUT2D eigenvalue weighted by atomic mass is 19.1. The molecule has 33 heavy (non-hydrogen) atoms. The van der Waals surface area contributed by atoms with Crippen LogP contribution in [-0.2, 0) is 6.54 Å². The molecule has 1 aromatic heterocycles. The van der Waals surface area contributed by atoms with Crippen molar-refractivity contribution in [1.82, 2.24) is 24.7 Å². The monoisotopic (exact) mass is 455 g/mol. The van der Waals surface area contributed by atoms with E-state index >= 15 is 0 Å². The number of carbonyl (C=O) groups is 1. The summed E-state index contributed by atoms with van der Waals surface area (Å²) in [5.41, 5.74) is 0.571. The quantitative estimate of drug-likeness (QED) is 0.589. The fourth-order valence-electron chi connectivity index (χ4n) is 3.84. The summed E-state index contributed by atoms with van der Waals surface area (Å²) in [6.45, 7) is 3.65. The Morgan fingerprint density at radius 2 is 1.97 bits per heavy atom. The number of rotatable bonds is 6. The van der Waals surface area contributed by atoms with Crippen molar-refractivity contribution >= 4 is 6.09 Å². The van der Waals surface area contributed by atoms with Crippen LogP contribution in [0.15, 0.2) is 59.4 Å². The number of aliphatic hydroxyl groups excluding tert-OH is 1. The highest BCUT2D eigenvalue weighted by Crippen LogP contribution is 2.23. The minimum Gasteiger partial charge on any atom is -0.380 e. The smallest absolute Gasteiger partial charge is 0.380 e. The number of nitrogens with one attached hydrogen (secondary N) is 1. The Morgan fingerprint density at radius 1 is 1.24 bits per heavy atom. The van der Waals surface area contributed by atoms with Gasteiger partial charge in [-0.25, -0.2) is 18.7 Å². The molecular formula is C23H26FN5O4. The van der Waals surface area contributed by atoms with Crippen LogP contribution in [0, 0.1) is 5.82 Å². The van der Waals surface area contributed by atoms with Gasteiger partial charge in [-0.1, -0.05) is 54.1 Å². The molecule has 2 aromatic carbocycles. The van der Waals surface area contributed by atoms with E-state index in [-0.39, 0.29) is 18.4 Å². The number of hydrogen-bond acceptors (Lipinski definition) is 6. The van der Waals surface area contributed by atoms with E-state index in [4.69, 9.17) is 4.84 Å². The second-order valence-electron chi connectivity index (χ2n) is 7.79. The number of benzene rings is 2. The Kier molecular flexibility index (Phi) is 6.85. The number of hydrogen-bond donors (Lipinski definition) is 2. The summed E-state index contributed by atoms with van der Waals surface area (Å²) >= 11 is 0. The molecule has 1 fully saturated rings. The van der Waals surface area contributed by atoms with Gasteiger partial charge in [0, 0.05) is 26.2 Å². The first-order valence-corrected chi connectivity index (χ1v) is 10.9. The van der Waals surface area contributed by atoms with E-state index in [1.54, 1.807) is 4.90 Å². The first-order valence-electron chi connectivity index (χ1n) is 10.9. The number of halogens is 1. The van der Waals surface area contributed by atoms with Crippen molar-refractivity contribution in [3.05, 3.63) is 87.9 Å². The second-order valence-corrected chi connectivity index (χ2v) is 7.79. The first-order chi connectivity index (χ1) is 16.0. The third-order valence-electron chi connectivity index (χ3n) is 5.52. The Morgan fingerprint density at radius 3 is 2.67 bits per heavy atom. The van der Waals surface area contributed by atoms with Crippen molar-refractivity contribution in [2.45, 2.75) is 32.0 Å². The number of carbonyl (C=O) groups excluding carboxylic acids is 1. The molecule has 2 heterocycles. The van der Waals surface area contributed by atoms with Crippen LogP contribution in [0.4, 0.5) is 9.18 Å². The predicted octanol–water partition coefficient (Wildman–Crippen LogP) is 1.87. The molecule has 0 aliphatic carbocycles. The average Bonchev–Trinajstić information content (AvgIpc) is 3.15. The van der Waals surface area contributed by atoms with Crippen LogP contribution in [0.1, 0.15) is 42.4 Å². The van der Waals surface area contributed by atoms with Crippen molar-refractivity contribution in [3.8, 4) is 0 Å². The third-order valence-corrected chi connectivity index (χ3v) is 5.52. The van der Waals surface area contributed by atoms with Gasteiger partial charge in [-0.05, 0) is 29.7 Å². The number of aryl methyl sites for hydroxylation is 1. The van der Waals surface area contributed by atoms with Gasteiger partial charge in [-0.15, -0.1) is 5.10 Å². The van der Waals surface area contributed by atoms with E-state index in [2.05, 4.69) is 10.4 Å². The third kappa shape index (κ3) is 4.81. The highest BCUT2D eigenvalue weighted by Gasteiger charge is 2.32. The number of piperazine rings is 1. The summed E-state index contributed by atoms with van der Waals surface area (Å²) in [4.78, 5) is 33.2. The topological polar surface area (TPSA) is 102 Å². The molecule has 1 aliphatic heterocycles. The Balaban J connectivity index is 1.65. The van der Waals surface area contributed by atoms with E-state index in [1.165, 1.54) is 24.3 Å². The minimum atomic E-state index is -1.39. The van der Waals surface area contributed by atoms with Gasteiger partial charge < -0.3 is 15.3 Å². The molecule has 2 N–H and O–H groups in total. The molecule has 0 bridgehead atoms. The van der Waals surface area contributed by atoms with Crippen LogP contribution in [0.25, 0.3) is 0 Å². The highest BCUT2D eigenvalue weighted by molar-refractivity contribution is 5.69. The summed E-state index contributed by atoms with van der Waals surface area (Å²) in [6.07, 6.45) is -1.50. The molecule has 0 spiro atoms. The van der Waals surface area contributed by atoms with Gasteiger partial charge in [-0.3, -0.25) is 4.90 Å². The van der Waals surface area contributed by atoms with Crippen molar-refractivity contribution in [3.63, 3.8) is 0 Å². The van der Waals surface area contributed by atoms with Crippen LogP contribution in [0.2, 0.25) is 0 Å². The molecule has 10 heteroatoms. The Bertz CT molecular complexity index is 1150. The van der Waals surface area contributed by atoms with Gasteiger partial charge in [0.1, 0.15) is 11.9 Å². The lowest BCUT2D eigenvalue weighted by atomic mass is 10.0. The standard InChI is InChI=1S/C23H26FN5O4/c1-2-13-28-22(31)29(21(26-28)20(30)17-8-10-18(24)11-9-17)33-23(32)27-14-12-25-15-19(27)16-6-4-3-5-7-16/h3-11,19-20,25,30H,2,12-15H2,1H3. The van der Waals surface area contributed by atoms with Crippen molar-refractivity contribution in [2.75, 3.05) is 19.6 Å². The number of aliphatic hydroxyl groups is 1. The van der Waals surface area contributed by atoms with E-state index in [9.17, 15) is 19.1 Å². The predicted molar refractivity (Wildman–Crippen MR) is 118 cm³/mol. The van der Waals surface area contributed by atoms with E-state index in [1.807, 2.05) is 37.3 Å². The average molecular weight is 455 g/mol. The molecule has 1 aliphatic rings. The van der Waals surface area contributed by atoms with E-state index in [0.29, 0.717) is 31.6 Å². The lowest BCUT2D eigenvalue weighted by Gasteiger charge is -2.35. The van der Waals surface area contributed by atoms with Crippen LogP contribution in [0.3, 0.4) is 0 Å². The Hall–Kier alpha value is -3.50. The van der Waals surface area contributed by atoms with Gasteiger partial charge in [0.2, 0.25) is 5.82 Å². The zero-order chi connectivity index (χ0) is 23.4. The minimum absolute atomic E-state index is 0.153. The van der Waals surface area contributed by atoms with Gasteiger partial charge >= 0.3 is 11.8 Å². The largest absolute Gasteiger partial charge is 0.435 e. The lowest BCUT2D eigenvalue weighted by molar-refractivity contribution is 0.0565. The molecule has 2 unspecified atom stereocenters. The SMILES string of the molecule is CCCn1nc(C(O)c2ccc(F)cc2)n(OC(=O)N2CCNCC2c2ccccc2)c1=O. The molecule has 4 rings (SSSR count). The molecule has 1 amide bonds. The Labute approximate surface area is 190 Å². The number of amides is 1. The zero-order valence-corrected chi connectivity index (χ0v) is 18.2. The maximum absolute atomic E-state index is 13.3. The molecule has 1 saturated heterocycles. The summed E-state index contributed by atoms with van der Waals surface area (Å²) in [6, 6.07) is 14.4. The molecule has 3 aromatic rings. The van der Waals surface area contributed by atoms with Gasteiger partial charge in [0.25, 0.3) is 0 Å². The van der Waals surface area contributed by atoms with E-state index in [0.717, 1.165) is 15.0 Å². The van der Waals surface area contributed by atoms with Crippen molar-refractivity contribution < 1.29 is 19.1 Å². The molecule has 0 saturated carbocycles. The summed E-state index contributed by atoms with van der Waals surface area (Å²) in [5, 5.41) is 18.3. The number of aromatic nitrogens is 3. The second kappa shape index (κ2) is 9.97. The normalized spacial score (nSPS) is 17.1. The van der Waals surface area contributed by atoms with Gasteiger partial charge in [-0.2, -0.15) is 0 Å². The molecule has 0 radical (unpaired) electrons. The van der Waals surface area contributed by atoms with Crippen LogP contribution < -0.4 is 15.8 Å². The van der Waals surface area contributed by atoms with Gasteiger partial charge in [0.05, 0.1) is 6.04 Å². The maximum atomic E-state index is 13.3. The van der Waals surface area contributed by atoms with Gasteiger partial charge in [0.15, 0.2) is 0 Å². The van der Waals surface area contributed by atoms with E-state index < -0.39 is 23.7 Å². The lowest BCUT2D eigenvalue weighted by Crippen LogP contribution is -2.51. The zero-order valence-electron chi connectivity index (χ0n) is 18.2. The summed E-state index contributed by atoms with van der Waals surface area (Å²) in [7, 11) is 0. The van der Waals surface area contributed by atoms with Crippen molar-refractivity contribution in [2.24, 2.45) is 0 Å². The van der Waals surface area contributed by atoms with Crippen molar-refractivity contribution in [1.29, 1.82) is 0 Å².